The van der Waals surface area contributed by atoms with Gasteiger partial charge in [-0.1, -0.05) is 18.2 Å². The van der Waals surface area contributed by atoms with Crippen LogP contribution in [0.1, 0.15) is 10.4 Å². The van der Waals surface area contributed by atoms with Crippen LogP contribution in [0, 0.1) is 5.92 Å². The highest BCUT2D eigenvalue weighted by molar-refractivity contribution is 5.94. The van der Waals surface area contributed by atoms with Crippen LogP contribution in [-0.4, -0.2) is 36.8 Å². The Morgan fingerprint density at radius 1 is 1.38 bits per heavy atom. The van der Waals surface area contributed by atoms with Crippen molar-refractivity contribution in [2.75, 3.05) is 19.7 Å². The highest BCUT2D eigenvalue weighted by atomic mass is 16.3. The molecule has 1 aliphatic rings. The second kappa shape index (κ2) is 5.09. The van der Waals surface area contributed by atoms with Crippen molar-refractivity contribution in [3.63, 3.8) is 0 Å². The summed E-state index contributed by atoms with van der Waals surface area (Å²) in [7, 11) is 0. The minimum atomic E-state index is -0.0762. The van der Waals surface area contributed by atoms with Crippen molar-refractivity contribution < 1.29 is 9.90 Å². The monoisotopic (exact) mass is 220 g/mol. The number of nitrogens with one attached hydrogen (secondary N) is 2. The van der Waals surface area contributed by atoms with E-state index in [1.54, 1.807) is 12.1 Å². The number of aliphatic hydroxyl groups is 1. The molecule has 1 heterocycles. The summed E-state index contributed by atoms with van der Waals surface area (Å²) in [6.07, 6.45) is 0. The van der Waals surface area contributed by atoms with Crippen molar-refractivity contribution in [2.24, 2.45) is 5.92 Å². The molecule has 1 amide bonds. The van der Waals surface area contributed by atoms with Crippen molar-refractivity contribution in [1.29, 1.82) is 0 Å². The number of rotatable bonds is 3. The van der Waals surface area contributed by atoms with Gasteiger partial charge >= 0.3 is 0 Å². The van der Waals surface area contributed by atoms with Crippen LogP contribution < -0.4 is 10.6 Å². The zero-order valence-electron chi connectivity index (χ0n) is 9.02. The van der Waals surface area contributed by atoms with Crippen LogP contribution in [-0.2, 0) is 0 Å². The Morgan fingerprint density at radius 3 is 2.81 bits per heavy atom. The van der Waals surface area contributed by atoms with E-state index >= 15 is 0 Å². The number of benzene rings is 1. The lowest BCUT2D eigenvalue weighted by atomic mass is 10.0. The van der Waals surface area contributed by atoms with E-state index in [9.17, 15) is 4.79 Å². The summed E-state index contributed by atoms with van der Waals surface area (Å²) in [4.78, 5) is 11.8. The molecule has 2 atom stereocenters. The number of hydrogen-bond acceptors (Lipinski definition) is 3. The van der Waals surface area contributed by atoms with Crippen LogP contribution in [0.2, 0.25) is 0 Å². The molecule has 0 unspecified atom stereocenters. The highest BCUT2D eigenvalue weighted by Gasteiger charge is 2.27. The molecule has 1 aromatic carbocycles. The van der Waals surface area contributed by atoms with Gasteiger partial charge in [-0.25, -0.2) is 0 Å². The minimum absolute atomic E-state index is 0.0257. The van der Waals surface area contributed by atoms with Crippen LogP contribution in [0.25, 0.3) is 0 Å². The summed E-state index contributed by atoms with van der Waals surface area (Å²) in [6, 6.07) is 9.15. The molecular weight excluding hydrogens is 204 g/mol. The van der Waals surface area contributed by atoms with E-state index in [4.69, 9.17) is 5.11 Å². The van der Waals surface area contributed by atoms with E-state index in [-0.39, 0.29) is 24.5 Å². The first kappa shape index (κ1) is 11.1. The van der Waals surface area contributed by atoms with Crippen molar-refractivity contribution in [3.8, 4) is 0 Å². The molecule has 1 aliphatic heterocycles. The molecular formula is C12H16N2O2. The molecule has 0 radical (unpaired) electrons. The smallest absolute Gasteiger partial charge is 0.251 e. The Balaban J connectivity index is 1.97. The first-order valence-electron chi connectivity index (χ1n) is 5.48. The summed E-state index contributed by atoms with van der Waals surface area (Å²) in [5, 5.41) is 15.2. The normalized spacial score (nSPS) is 24.3. The van der Waals surface area contributed by atoms with Crippen LogP contribution >= 0.6 is 0 Å². The fourth-order valence-electron chi connectivity index (χ4n) is 1.94. The average Bonchev–Trinajstić information content (AvgIpc) is 2.77. The van der Waals surface area contributed by atoms with Gasteiger partial charge in [0.15, 0.2) is 0 Å². The molecule has 4 heteroatoms. The second-order valence-electron chi connectivity index (χ2n) is 4.05. The number of amides is 1. The fraction of sp³-hybridized carbons (Fsp3) is 0.417. The lowest BCUT2D eigenvalue weighted by Crippen LogP contribution is -2.41. The van der Waals surface area contributed by atoms with Crippen molar-refractivity contribution in [1.82, 2.24) is 10.6 Å². The lowest BCUT2D eigenvalue weighted by molar-refractivity contribution is 0.0921. The van der Waals surface area contributed by atoms with Crippen molar-refractivity contribution in [3.05, 3.63) is 35.9 Å². The predicted molar refractivity (Wildman–Crippen MR) is 61.1 cm³/mol. The van der Waals surface area contributed by atoms with Crippen molar-refractivity contribution in [2.45, 2.75) is 6.04 Å². The van der Waals surface area contributed by atoms with E-state index in [2.05, 4.69) is 10.6 Å². The molecule has 2 rings (SSSR count). The maximum absolute atomic E-state index is 11.8. The SMILES string of the molecule is O=C(N[C@@H]1CNC[C@H]1CO)c1ccccc1. The van der Waals surface area contributed by atoms with Crippen LogP contribution in [0.5, 0.6) is 0 Å². The van der Waals surface area contributed by atoms with Gasteiger partial charge in [-0.05, 0) is 12.1 Å². The van der Waals surface area contributed by atoms with Crippen molar-refractivity contribution >= 4 is 5.91 Å². The van der Waals surface area contributed by atoms with E-state index in [1.807, 2.05) is 18.2 Å². The molecule has 86 valence electrons. The van der Waals surface area contributed by atoms with Gasteiger partial charge in [0.25, 0.3) is 5.91 Å². The van der Waals surface area contributed by atoms with Gasteiger partial charge in [-0.15, -0.1) is 0 Å². The molecule has 0 saturated carbocycles. The van der Waals surface area contributed by atoms with E-state index in [0.717, 1.165) is 13.1 Å². The Hall–Kier alpha value is -1.39. The highest BCUT2D eigenvalue weighted by Crippen LogP contribution is 2.09. The Labute approximate surface area is 94.7 Å². The molecule has 3 N–H and O–H groups in total. The molecule has 1 aromatic rings. The summed E-state index contributed by atoms with van der Waals surface area (Å²) in [5.41, 5.74) is 0.658. The molecule has 16 heavy (non-hydrogen) atoms. The summed E-state index contributed by atoms with van der Waals surface area (Å²) in [5.74, 6) is 0.0420. The van der Waals surface area contributed by atoms with Gasteiger partial charge in [-0.2, -0.15) is 0 Å². The second-order valence-corrected chi connectivity index (χ2v) is 4.05. The third-order valence-electron chi connectivity index (χ3n) is 2.93. The van der Waals surface area contributed by atoms with Crippen LogP contribution in [0.3, 0.4) is 0 Å². The summed E-state index contributed by atoms with van der Waals surface area (Å²) >= 11 is 0. The zero-order chi connectivity index (χ0) is 11.4. The van der Waals surface area contributed by atoms with E-state index in [0.29, 0.717) is 5.56 Å². The largest absolute Gasteiger partial charge is 0.396 e. The first-order valence-corrected chi connectivity index (χ1v) is 5.48. The molecule has 0 spiro atoms. The molecule has 0 aliphatic carbocycles. The van der Waals surface area contributed by atoms with Gasteiger partial charge in [0, 0.05) is 37.2 Å². The molecule has 0 bridgehead atoms. The Bertz CT molecular complexity index is 353. The van der Waals surface area contributed by atoms with Crippen LogP contribution in [0.15, 0.2) is 30.3 Å². The maximum Gasteiger partial charge on any atom is 0.251 e. The average molecular weight is 220 g/mol. The number of aliphatic hydroxyl groups excluding tert-OH is 1. The number of carbonyl (C=O) groups excluding carboxylic acids is 1. The maximum atomic E-state index is 11.8. The van der Waals surface area contributed by atoms with Gasteiger partial charge in [-0.3, -0.25) is 4.79 Å². The van der Waals surface area contributed by atoms with Gasteiger partial charge in [0.2, 0.25) is 0 Å². The predicted octanol–water partition coefficient (Wildman–Crippen LogP) is -0.00330. The standard InChI is InChI=1S/C12H16N2O2/c15-8-10-6-13-7-11(10)14-12(16)9-4-2-1-3-5-9/h1-5,10-11,13,15H,6-8H2,(H,14,16)/t10-,11+/m0/s1. The fourth-order valence-corrected chi connectivity index (χ4v) is 1.94. The molecule has 0 aromatic heterocycles. The minimum Gasteiger partial charge on any atom is -0.396 e. The lowest BCUT2D eigenvalue weighted by Gasteiger charge is -2.17. The van der Waals surface area contributed by atoms with E-state index in [1.165, 1.54) is 0 Å². The zero-order valence-corrected chi connectivity index (χ0v) is 9.02. The summed E-state index contributed by atoms with van der Waals surface area (Å²) in [6.45, 7) is 1.59. The Kier molecular flexibility index (Phi) is 3.54. The molecule has 4 nitrogen and oxygen atoms in total. The van der Waals surface area contributed by atoms with Crippen LogP contribution in [0.4, 0.5) is 0 Å². The quantitative estimate of drug-likeness (QED) is 0.672. The summed E-state index contributed by atoms with van der Waals surface area (Å²) < 4.78 is 0. The van der Waals surface area contributed by atoms with E-state index < -0.39 is 0 Å². The third-order valence-corrected chi connectivity index (χ3v) is 2.93. The topological polar surface area (TPSA) is 61.4 Å². The first-order chi connectivity index (χ1) is 7.81. The third kappa shape index (κ3) is 2.40. The van der Waals surface area contributed by atoms with Gasteiger partial charge in [0.1, 0.15) is 0 Å². The molecule has 1 saturated heterocycles. The van der Waals surface area contributed by atoms with Gasteiger partial charge in [0.05, 0.1) is 0 Å². The molecule has 1 fully saturated rings. The number of carbonyl (C=O) groups is 1. The number of hydrogen-bond donors (Lipinski definition) is 3. The van der Waals surface area contributed by atoms with Gasteiger partial charge < -0.3 is 15.7 Å². The Morgan fingerprint density at radius 2 is 2.12 bits per heavy atom.